The number of aromatic nitrogens is 3. The van der Waals surface area contributed by atoms with Gasteiger partial charge in [0.2, 0.25) is 5.95 Å². The van der Waals surface area contributed by atoms with E-state index in [1.165, 1.54) is 0 Å². The van der Waals surface area contributed by atoms with Gasteiger partial charge in [0.15, 0.2) is 23.1 Å². The Hall–Kier alpha value is -3.03. The van der Waals surface area contributed by atoms with Gasteiger partial charge in [0.05, 0.1) is 19.2 Å². The average molecular weight is 471 g/mol. The minimum Gasteiger partial charge on any atom is -0.493 e. The van der Waals surface area contributed by atoms with Gasteiger partial charge in [-0.25, -0.2) is 4.68 Å². The summed E-state index contributed by atoms with van der Waals surface area (Å²) in [5, 5.41) is 9.06. The van der Waals surface area contributed by atoms with Gasteiger partial charge in [0.25, 0.3) is 0 Å². The second-order valence-corrected chi connectivity index (χ2v) is 8.45. The number of para-hydroxylation sites is 1. The number of Topliss-reactive ketones (excluding diaryl/α,β-unsaturated/α-hetero) is 1. The van der Waals surface area contributed by atoms with Crippen molar-refractivity contribution in [1.29, 1.82) is 0 Å². The zero-order valence-corrected chi connectivity index (χ0v) is 19.0. The quantitative estimate of drug-likeness (QED) is 0.557. The molecule has 0 spiro atoms. The number of methoxy groups -OCH3 is 2. The second kappa shape index (κ2) is 8.15. The summed E-state index contributed by atoms with van der Waals surface area (Å²) in [5.41, 5.74) is 2.97. The van der Waals surface area contributed by atoms with Crippen LogP contribution in [-0.2, 0) is 4.79 Å². The minimum atomic E-state index is -0.508. The Bertz CT molecular complexity index is 1270. The van der Waals surface area contributed by atoms with Crippen LogP contribution in [0.5, 0.6) is 11.5 Å². The van der Waals surface area contributed by atoms with E-state index < -0.39 is 6.04 Å². The SMILES string of the molecule is COc1cccc(C2C3=C(CCCC3=O)Nc3nc(-c4ccc(Cl)cc4Cl)nn32)c1OC. The first-order valence-electron chi connectivity index (χ1n) is 10.2. The van der Waals surface area contributed by atoms with Crippen LogP contribution in [0.1, 0.15) is 30.9 Å². The molecule has 2 heterocycles. The molecule has 164 valence electrons. The fraction of sp³-hybridized carbons (Fsp3) is 0.261. The summed E-state index contributed by atoms with van der Waals surface area (Å²) in [4.78, 5) is 17.8. The lowest BCUT2D eigenvalue weighted by Gasteiger charge is -2.32. The number of anilines is 1. The Morgan fingerprint density at radius 1 is 1.12 bits per heavy atom. The van der Waals surface area contributed by atoms with Crippen LogP contribution in [0.2, 0.25) is 10.0 Å². The molecule has 1 N–H and O–H groups in total. The number of rotatable bonds is 4. The number of nitrogens with one attached hydrogen (secondary N) is 1. The van der Waals surface area contributed by atoms with Crippen molar-refractivity contribution in [2.75, 3.05) is 19.5 Å². The Morgan fingerprint density at radius 2 is 1.97 bits per heavy atom. The van der Waals surface area contributed by atoms with Gasteiger partial charge in [-0.2, -0.15) is 4.98 Å². The summed E-state index contributed by atoms with van der Waals surface area (Å²) in [7, 11) is 3.17. The lowest BCUT2D eigenvalue weighted by atomic mass is 9.85. The summed E-state index contributed by atoms with van der Waals surface area (Å²) in [6, 6.07) is 10.3. The fourth-order valence-corrected chi connectivity index (χ4v) is 4.85. The van der Waals surface area contributed by atoms with Crippen LogP contribution in [-0.4, -0.2) is 34.8 Å². The Labute approximate surface area is 195 Å². The van der Waals surface area contributed by atoms with Crippen LogP contribution in [0.3, 0.4) is 0 Å². The standard InChI is InChI=1S/C23H20Cl2N4O3/c1-31-18-8-3-5-14(21(18)32-2)20-19-16(6-4-7-17(19)30)26-23-27-22(28-29(20)23)13-10-9-12(24)11-15(13)25/h3,5,8-11,20H,4,6-7H2,1-2H3,(H,26,27,28). The molecule has 7 nitrogen and oxygen atoms in total. The van der Waals surface area contributed by atoms with E-state index in [-0.39, 0.29) is 5.78 Å². The minimum absolute atomic E-state index is 0.0841. The summed E-state index contributed by atoms with van der Waals surface area (Å²) in [5.74, 6) is 2.19. The molecule has 9 heteroatoms. The number of fused-ring (bicyclic) bond motifs is 1. The third-order valence-corrected chi connectivity index (χ3v) is 6.32. The van der Waals surface area contributed by atoms with Gasteiger partial charge in [-0.3, -0.25) is 4.79 Å². The maximum Gasteiger partial charge on any atom is 0.226 e. The zero-order chi connectivity index (χ0) is 22.4. The lowest BCUT2D eigenvalue weighted by Crippen LogP contribution is -2.31. The molecule has 5 rings (SSSR count). The lowest BCUT2D eigenvalue weighted by molar-refractivity contribution is -0.116. The topological polar surface area (TPSA) is 78.3 Å². The summed E-state index contributed by atoms with van der Waals surface area (Å²) >= 11 is 12.5. The monoisotopic (exact) mass is 470 g/mol. The van der Waals surface area contributed by atoms with Gasteiger partial charge in [-0.15, -0.1) is 5.10 Å². The normalized spacial score (nSPS) is 17.5. The van der Waals surface area contributed by atoms with E-state index in [1.807, 2.05) is 18.2 Å². The van der Waals surface area contributed by atoms with Crippen molar-refractivity contribution in [2.24, 2.45) is 0 Å². The molecule has 0 saturated carbocycles. The van der Waals surface area contributed by atoms with Crippen LogP contribution in [0.25, 0.3) is 11.4 Å². The van der Waals surface area contributed by atoms with Crippen LogP contribution in [0.4, 0.5) is 5.95 Å². The van der Waals surface area contributed by atoms with E-state index in [0.29, 0.717) is 50.9 Å². The molecule has 1 aliphatic heterocycles. The van der Waals surface area contributed by atoms with Crippen molar-refractivity contribution >= 4 is 34.9 Å². The number of carbonyl (C=O) groups is 1. The molecule has 1 atom stereocenters. The molecule has 0 radical (unpaired) electrons. The van der Waals surface area contributed by atoms with Crippen molar-refractivity contribution in [3.8, 4) is 22.9 Å². The van der Waals surface area contributed by atoms with Gasteiger partial charge in [-0.05, 0) is 37.1 Å². The number of carbonyl (C=O) groups excluding carboxylic acids is 1. The highest BCUT2D eigenvalue weighted by Crippen LogP contribution is 2.45. The molecule has 1 aromatic heterocycles. The maximum atomic E-state index is 13.1. The number of nitrogens with zero attached hydrogens (tertiary/aromatic N) is 3. The second-order valence-electron chi connectivity index (χ2n) is 7.61. The number of hydrogen-bond acceptors (Lipinski definition) is 6. The van der Waals surface area contributed by atoms with Crippen LogP contribution >= 0.6 is 23.2 Å². The first-order chi connectivity index (χ1) is 15.5. The molecule has 1 unspecified atom stereocenters. The molecule has 0 saturated heterocycles. The Kier molecular flexibility index (Phi) is 5.31. The van der Waals surface area contributed by atoms with E-state index in [1.54, 1.807) is 37.1 Å². The zero-order valence-electron chi connectivity index (χ0n) is 17.5. The molecule has 3 aromatic rings. The third kappa shape index (κ3) is 3.32. The number of hydrogen-bond donors (Lipinski definition) is 1. The van der Waals surface area contributed by atoms with E-state index >= 15 is 0 Å². The van der Waals surface area contributed by atoms with Gasteiger partial charge in [-0.1, -0.05) is 35.3 Å². The predicted molar refractivity (Wildman–Crippen MR) is 123 cm³/mol. The van der Waals surface area contributed by atoms with Crippen molar-refractivity contribution < 1.29 is 14.3 Å². The van der Waals surface area contributed by atoms with Gasteiger partial charge in [0, 0.05) is 33.8 Å². The number of allylic oxidation sites excluding steroid dienone is 2. The van der Waals surface area contributed by atoms with E-state index in [9.17, 15) is 4.79 Å². The van der Waals surface area contributed by atoms with Crippen molar-refractivity contribution in [3.05, 3.63) is 63.3 Å². The highest BCUT2D eigenvalue weighted by Gasteiger charge is 2.38. The number of ether oxygens (including phenoxy) is 2. The summed E-state index contributed by atoms with van der Waals surface area (Å²) < 4.78 is 12.9. The number of ketones is 1. The number of benzene rings is 2. The van der Waals surface area contributed by atoms with Crippen LogP contribution < -0.4 is 14.8 Å². The molecular weight excluding hydrogens is 451 g/mol. The van der Waals surface area contributed by atoms with E-state index in [0.717, 1.165) is 24.1 Å². The Morgan fingerprint density at radius 3 is 2.72 bits per heavy atom. The van der Waals surface area contributed by atoms with Crippen molar-refractivity contribution in [2.45, 2.75) is 25.3 Å². The molecule has 1 aliphatic carbocycles. The van der Waals surface area contributed by atoms with Gasteiger partial charge >= 0.3 is 0 Å². The van der Waals surface area contributed by atoms with E-state index in [4.69, 9.17) is 42.8 Å². The van der Waals surface area contributed by atoms with Crippen molar-refractivity contribution in [1.82, 2.24) is 14.8 Å². The molecule has 32 heavy (non-hydrogen) atoms. The highest BCUT2D eigenvalue weighted by atomic mass is 35.5. The molecule has 0 amide bonds. The summed E-state index contributed by atoms with van der Waals surface area (Å²) in [6.07, 6.45) is 2.04. The maximum absolute atomic E-state index is 13.1. The van der Waals surface area contributed by atoms with Crippen LogP contribution in [0, 0.1) is 0 Å². The van der Waals surface area contributed by atoms with Crippen LogP contribution in [0.15, 0.2) is 47.7 Å². The predicted octanol–water partition coefficient (Wildman–Crippen LogP) is 5.29. The molecule has 2 aliphatic rings. The molecule has 2 aromatic carbocycles. The molecular formula is C23H20Cl2N4O3. The van der Waals surface area contributed by atoms with E-state index in [2.05, 4.69) is 5.32 Å². The highest BCUT2D eigenvalue weighted by molar-refractivity contribution is 6.36. The first-order valence-corrected chi connectivity index (χ1v) is 10.9. The molecule has 0 fully saturated rings. The smallest absolute Gasteiger partial charge is 0.226 e. The number of halogens is 2. The summed E-state index contributed by atoms with van der Waals surface area (Å²) in [6.45, 7) is 0. The average Bonchev–Trinajstić information content (AvgIpc) is 3.20. The first kappa shape index (κ1) is 20.8. The molecule has 0 bridgehead atoms. The fourth-order valence-electron chi connectivity index (χ4n) is 4.36. The Balaban J connectivity index is 1.73. The van der Waals surface area contributed by atoms with Crippen molar-refractivity contribution in [3.63, 3.8) is 0 Å². The third-order valence-electron chi connectivity index (χ3n) is 5.77. The largest absolute Gasteiger partial charge is 0.493 e. The van der Waals surface area contributed by atoms with Gasteiger partial charge in [0.1, 0.15) is 6.04 Å². The van der Waals surface area contributed by atoms with Gasteiger partial charge < -0.3 is 14.8 Å².